The van der Waals surface area contributed by atoms with Crippen molar-refractivity contribution in [3.05, 3.63) is 117 Å². The minimum atomic E-state index is -1.38. The van der Waals surface area contributed by atoms with Gasteiger partial charge in [-0.05, 0) is 70.2 Å². The summed E-state index contributed by atoms with van der Waals surface area (Å²) in [5.74, 6) is -3.09. The standard InChI is InChI=1S/2C26H34FNO5.Mg/c2*1-15(2)25-21(11-10-19(29)12-20(30)13-23(31)32)24(17-6-8-18(27)9-7-17)22(14-33-5)26(28-25)16(3)4;/h2*6-11,15-16,19-20,29-30H,12-14H2,1-5H3,(H,31,32);/q;;+2/p-2/b2*11-10+;/t2*19-,20-;/m11./s1. The Morgan fingerprint density at radius 2 is 0.866 bits per heavy atom. The molecule has 12 nitrogen and oxygen atoms in total. The number of methoxy groups -OCH3 is 2. The van der Waals surface area contributed by atoms with Gasteiger partial charge in [0.1, 0.15) is 11.6 Å². The number of aliphatic hydroxyl groups excluding tert-OH is 4. The van der Waals surface area contributed by atoms with Crippen LogP contribution in [0.25, 0.3) is 34.4 Å². The fraction of sp³-hybridized carbons (Fsp3) is 0.462. The van der Waals surface area contributed by atoms with Crippen molar-refractivity contribution in [3.63, 3.8) is 0 Å². The molecular formula is C52H66F2MgN2O10. The molecular weight excluding hydrogens is 875 g/mol. The van der Waals surface area contributed by atoms with Gasteiger partial charge in [-0.2, -0.15) is 0 Å². The molecule has 0 aliphatic carbocycles. The van der Waals surface area contributed by atoms with Crippen molar-refractivity contribution in [2.24, 2.45) is 0 Å². The van der Waals surface area contributed by atoms with Crippen molar-refractivity contribution in [1.29, 1.82) is 0 Å². The van der Waals surface area contributed by atoms with Gasteiger partial charge in [0.2, 0.25) is 0 Å². The molecule has 4 N–H and O–H groups in total. The number of ether oxygens (including phenoxy) is 2. The van der Waals surface area contributed by atoms with Crippen LogP contribution in [0.1, 0.15) is 150 Å². The molecule has 2 heterocycles. The Morgan fingerprint density at radius 1 is 0.567 bits per heavy atom. The van der Waals surface area contributed by atoms with Crippen molar-refractivity contribution in [1.82, 2.24) is 9.97 Å². The number of aromatic nitrogens is 2. The maximum atomic E-state index is 13.7. The predicted octanol–water partition coefficient (Wildman–Crippen LogP) is 6.71. The maximum Gasteiger partial charge on any atom is 2.00 e. The topological polar surface area (TPSA) is 205 Å². The molecule has 15 heteroatoms. The van der Waals surface area contributed by atoms with Crippen LogP contribution in [0.5, 0.6) is 0 Å². The van der Waals surface area contributed by atoms with Gasteiger partial charge >= 0.3 is 23.1 Å². The summed E-state index contributed by atoms with van der Waals surface area (Å²) in [5, 5.41) is 61.8. The fourth-order valence-electron chi connectivity index (χ4n) is 7.68. The average Bonchev–Trinajstić information content (AvgIpc) is 3.22. The average molecular weight is 941 g/mol. The molecule has 2 aromatic heterocycles. The number of aliphatic hydroxyl groups is 4. The van der Waals surface area contributed by atoms with E-state index in [-0.39, 0.29) is 71.2 Å². The van der Waals surface area contributed by atoms with Gasteiger partial charge in [0.25, 0.3) is 0 Å². The fourth-order valence-corrected chi connectivity index (χ4v) is 7.68. The number of hydrogen-bond acceptors (Lipinski definition) is 12. The van der Waals surface area contributed by atoms with Crippen molar-refractivity contribution in [2.75, 3.05) is 14.2 Å². The Hall–Kier alpha value is -4.45. The number of carboxylic acid groups (broad SMARTS) is 2. The van der Waals surface area contributed by atoms with Crippen LogP contribution in [-0.2, 0) is 32.3 Å². The third kappa shape index (κ3) is 17.5. The number of carboxylic acids is 2. The molecule has 4 rings (SSSR count). The first-order valence-electron chi connectivity index (χ1n) is 22.2. The minimum Gasteiger partial charge on any atom is -0.550 e. The second-order valence-corrected chi connectivity index (χ2v) is 17.6. The van der Waals surface area contributed by atoms with Crippen LogP contribution in [0.4, 0.5) is 8.78 Å². The first-order valence-corrected chi connectivity index (χ1v) is 22.2. The molecule has 0 fully saturated rings. The largest absolute Gasteiger partial charge is 2.00 e. The van der Waals surface area contributed by atoms with Crippen LogP contribution in [0.3, 0.4) is 0 Å². The zero-order valence-electron chi connectivity index (χ0n) is 40.4. The number of carbonyl (C=O) groups is 2. The SMILES string of the molecule is COCc1c(C(C)C)nc(C(C)C)c(/C=C/[C@@H](O)C[C@@H](O)CC(=O)[O-])c1-c1ccc(F)cc1.COCc1c(C(C)C)nc(C(C)C)c(/C=C/[C@@H](O)C[C@@H](O)CC(=O)[O-])c1-c1ccc(F)cc1.[Mg+2]. The third-order valence-corrected chi connectivity index (χ3v) is 10.6. The molecule has 0 saturated heterocycles. The Morgan fingerprint density at radius 3 is 1.12 bits per heavy atom. The molecule has 0 aliphatic rings. The van der Waals surface area contributed by atoms with E-state index in [1.54, 1.807) is 50.6 Å². The smallest absolute Gasteiger partial charge is 0.550 e. The molecule has 67 heavy (non-hydrogen) atoms. The molecule has 0 saturated carbocycles. The molecule has 4 atom stereocenters. The van der Waals surface area contributed by atoms with Gasteiger partial charge in [0, 0.05) is 85.5 Å². The van der Waals surface area contributed by atoms with Crippen molar-refractivity contribution >= 4 is 47.1 Å². The molecule has 0 bridgehead atoms. The maximum absolute atomic E-state index is 13.7. The Balaban J connectivity index is 0.000000453. The van der Waals surface area contributed by atoms with Crippen LogP contribution in [-0.4, -0.2) is 104 Å². The van der Waals surface area contributed by atoms with Crippen LogP contribution in [0.15, 0.2) is 60.7 Å². The van der Waals surface area contributed by atoms with Crippen LogP contribution in [0, 0.1) is 11.6 Å². The van der Waals surface area contributed by atoms with Crippen molar-refractivity contribution in [2.45, 2.75) is 142 Å². The van der Waals surface area contributed by atoms with Crippen molar-refractivity contribution in [3.8, 4) is 22.3 Å². The van der Waals surface area contributed by atoms with Crippen LogP contribution < -0.4 is 10.2 Å². The zero-order chi connectivity index (χ0) is 49.4. The number of rotatable bonds is 22. The number of carbonyl (C=O) groups excluding carboxylic acids is 2. The van der Waals surface area contributed by atoms with Gasteiger partial charge in [0.15, 0.2) is 0 Å². The summed E-state index contributed by atoms with van der Waals surface area (Å²) in [5.41, 5.74) is 9.99. The molecule has 2 aromatic carbocycles. The first-order chi connectivity index (χ1) is 31.1. The normalized spacial score (nSPS) is 13.6. The number of pyridine rings is 2. The summed E-state index contributed by atoms with van der Waals surface area (Å²) in [6, 6.07) is 12.4. The van der Waals surface area contributed by atoms with Crippen LogP contribution >= 0.6 is 0 Å². The number of aliphatic carboxylic acids is 2. The van der Waals surface area contributed by atoms with E-state index in [4.69, 9.17) is 19.4 Å². The molecule has 0 unspecified atom stereocenters. The summed E-state index contributed by atoms with van der Waals surface area (Å²) >= 11 is 0. The van der Waals surface area contributed by atoms with Gasteiger partial charge in [-0.1, -0.05) is 104 Å². The molecule has 360 valence electrons. The molecule has 0 spiro atoms. The minimum absolute atomic E-state index is 0. The number of benzene rings is 2. The van der Waals surface area contributed by atoms with Gasteiger partial charge in [-0.15, -0.1) is 0 Å². The van der Waals surface area contributed by atoms with E-state index in [2.05, 4.69) is 27.7 Å². The summed E-state index contributed by atoms with van der Waals surface area (Å²) in [4.78, 5) is 31.3. The molecule has 0 aliphatic heterocycles. The monoisotopic (exact) mass is 940 g/mol. The number of nitrogens with zero attached hydrogens (tertiary/aromatic N) is 2. The summed E-state index contributed by atoms with van der Waals surface area (Å²) in [6.07, 6.45) is 0.527. The Kier molecular flexibility index (Phi) is 24.6. The first kappa shape index (κ1) is 58.7. The Labute approximate surface area is 410 Å². The number of hydrogen-bond donors (Lipinski definition) is 4. The molecule has 0 radical (unpaired) electrons. The van der Waals surface area contributed by atoms with Gasteiger partial charge in [-0.3, -0.25) is 9.97 Å². The second-order valence-electron chi connectivity index (χ2n) is 17.6. The van der Waals surface area contributed by atoms with Gasteiger partial charge in [-0.25, -0.2) is 8.78 Å². The van der Waals surface area contributed by atoms with Gasteiger partial charge in [0.05, 0.1) is 49.0 Å². The molecule has 4 aromatic rings. The zero-order valence-corrected chi connectivity index (χ0v) is 41.8. The van der Waals surface area contributed by atoms with E-state index in [0.717, 1.165) is 67.3 Å². The molecule has 0 amide bonds. The van der Waals surface area contributed by atoms with Crippen molar-refractivity contribution < 1.29 is 58.5 Å². The Bertz CT molecular complexity index is 2110. The number of halogens is 2. The van der Waals surface area contributed by atoms with E-state index < -0.39 is 49.2 Å². The van der Waals surface area contributed by atoms with Gasteiger partial charge < -0.3 is 49.7 Å². The summed E-state index contributed by atoms with van der Waals surface area (Å²) in [7, 11) is 3.21. The summed E-state index contributed by atoms with van der Waals surface area (Å²) in [6.45, 7) is 16.9. The third-order valence-electron chi connectivity index (χ3n) is 10.6. The summed E-state index contributed by atoms with van der Waals surface area (Å²) < 4.78 is 38.3. The quantitative estimate of drug-likeness (QED) is 0.0607. The van der Waals surface area contributed by atoms with Crippen LogP contribution in [0.2, 0.25) is 0 Å². The van der Waals surface area contributed by atoms with E-state index in [0.29, 0.717) is 13.2 Å². The predicted molar refractivity (Wildman–Crippen MR) is 253 cm³/mol. The van der Waals surface area contributed by atoms with E-state index >= 15 is 0 Å². The van der Waals surface area contributed by atoms with E-state index in [1.807, 2.05) is 27.7 Å². The van der Waals surface area contributed by atoms with E-state index in [9.17, 15) is 49.0 Å². The second kappa shape index (κ2) is 28.1. The van der Waals surface area contributed by atoms with E-state index in [1.165, 1.54) is 36.4 Å².